The summed E-state index contributed by atoms with van der Waals surface area (Å²) in [5.41, 5.74) is 0.390. The van der Waals surface area contributed by atoms with Gasteiger partial charge < -0.3 is 20.1 Å². The first-order valence-corrected chi connectivity index (χ1v) is 8.34. The van der Waals surface area contributed by atoms with Crippen molar-refractivity contribution in [1.82, 2.24) is 10.6 Å². The number of carbonyl (C=O) groups excluding carboxylic acids is 3. The molecule has 1 rings (SSSR count). The maximum atomic E-state index is 12.4. The first-order valence-electron chi connectivity index (χ1n) is 8.34. The van der Waals surface area contributed by atoms with Crippen molar-refractivity contribution in [3.8, 4) is 5.75 Å². The summed E-state index contributed by atoms with van der Waals surface area (Å²) < 4.78 is 10.2. The van der Waals surface area contributed by atoms with Crippen LogP contribution in [0.25, 0.3) is 0 Å². The van der Waals surface area contributed by atoms with Gasteiger partial charge in [-0.05, 0) is 37.1 Å². The molecule has 1 aromatic rings. The van der Waals surface area contributed by atoms with Gasteiger partial charge in [0.1, 0.15) is 11.8 Å². The summed E-state index contributed by atoms with van der Waals surface area (Å²) in [6.07, 6.45) is 0.555. The van der Waals surface area contributed by atoms with Gasteiger partial charge in [-0.15, -0.1) is 6.58 Å². The van der Waals surface area contributed by atoms with E-state index in [-0.39, 0.29) is 12.5 Å². The Hall–Kier alpha value is -2.83. The molecule has 0 aromatic heterocycles. The van der Waals surface area contributed by atoms with Crippen molar-refractivity contribution in [3.05, 3.63) is 42.5 Å². The van der Waals surface area contributed by atoms with Crippen LogP contribution in [-0.2, 0) is 14.3 Å². The zero-order valence-electron chi connectivity index (χ0n) is 15.6. The molecule has 0 saturated heterocycles. The second-order valence-corrected chi connectivity index (χ2v) is 6.04. The third-order valence-electron chi connectivity index (χ3n) is 3.64. The van der Waals surface area contributed by atoms with Gasteiger partial charge in [-0.25, -0.2) is 4.79 Å². The van der Waals surface area contributed by atoms with Gasteiger partial charge in [0.25, 0.3) is 11.8 Å². The molecule has 0 bridgehead atoms. The Morgan fingerprint density at radius 3 is 2.27 bits per heavy atom. The molecule has 7 heteroatoms. The van der Waals surface area contributed by atoms with E-state index >= 15 is 0 Å². The Morgan fingerprint density at radius 2 is 1.77 bits per heavy atom. The number of esters is 1. The smallest absolute Gasteiger partial charge is 0.329 e. The molecule has 7 nitrogen and oxygen atoms in total. The maximum absolute atomic E-state index is 12.4. The number of benzene rings is 1. The van der Waals surface area contributed by atoms with Crippen molar-refractivity contribution < 1.29 is 23.9 Å². The summed E-state index contributed by atoms with van der Waals surface area (Å²) in [5, 5.41) is 5.20. The highest BCUT2D eigenvalue weighted by atomic mass is 16.5. The summed E-state index contributed by atoms with van der Waals surface area (Å²) in [5.74, 6) is -1.09. The molecule has 142 valence electrons. The minimum atomic E-state index is -0.971. The molecular formula is C19H26N2O5. The van der Waals surface area contributed by atoms with Gasteiger partial charge in [-0.3, -0.25) is 9.59 Å². The van der Waals surface area contributed by atoms with Crippen LogP contribution in [0.4, 0.5) is 0 Å². The highest BCUT2D eigenvalue weighted by Gasteiger charge is 2.29. The Bertz CT molecular complexity index is 640. The topological polar surface area (TPSA) is 93.7 Å². The summed E-state index contributed by atoms with van der Waals surface area (Å²) >= 11 is 0. The summed E-state index contributed by atoms with van der Waals surface area (Å²) in [6.45, 7) is 8.81. The molecular weight excluding hydrogens is 336 g/mol. The highest BCUT2D eigenvalue weighted by molar-refractivity contribution is 5.97. The lowest BCUT2D eigenvalue weighted by atomic mass is 10.0. The monoisotopic (exact) mass is 362 g/mol. The third-order valence-corrected chi connectivity index (χ3v) is 3.64. The summed E-state index contributed by atoms with van der Waals surface area (Å²) in [7, 11) is 1.53. The van der Waals surface area contributed by atoms with Crippen molar-refractivity contribution >= 4 is 17.8 Å². The standard InChI is InChI=1S/C19H26N2O5/c1-6-11-20-17(22)13(4)26-19(24)16(12(2)3)21-18(23)14-7-9-15(25-5)10-8-14/h6-10,12-13,16H,1,11H2,2-5H3,(H,20,22)(H,21,23)/t13-,16+/m1/s1. The number of hydrogen-bond acceptors (Lipinski definition) is 5. The predicted octanol–water partition coefficient (Wildman–Crippen LogP) is 1.68. The average Bonchev–Trinajstić information content (AvgIpc) is 2.63. The normalized spacial score (nSPS) is 12.7. The van der Waals surface area contributed by atoms with Crippen LogP contribution in [0, 0.1) is 5.92 Å². The second kappa shape index (κ2) is 10.2. The predicted molar refractivity (Wildman–Crippen MR) is 97.8 cm³/mol. The molecule has 2 amide bonds. The highest BCUT2D eigenvalue weighted by Crippen LogP contribution is 2.13. The Morgan fingerprint density at radius 1 is 1.15 bits per heavy atom. The first-order chi connectivity index (χ1) is 12.3. The van der Waals surface area contributed by atoms with Crippen LogP contribution in [0.2, 0.25) is 0 Å². The largest absolute Gasteiger partial charge is 0.497 e. The molecule has 0 aliphatic heterocycles. The van der Waals surface area contributed by atoms with Crippen molar-refractivity contribution in [2.75, 3.05) is 13.7 Å². The Balaban J connectivity index is 2.74. The fourth-order valence-corrected chi connectivity index (χ4v) is 2.08. The fourth-order valence-electron chi connectivity index (χ4n) is 2.08. The van der Waals surface area contributed by atoms with Crippen molar-refractivity contribution in [1.29, 1.82) is 0 Å². The molecule has 0 radical (unpaired) electrons. The van der Waals surface area contributed by atoms with E-state index in [4.69, 9.17) is 9.47 Å². The van der Waals surface area contributed by atoms with Gasteiger partial charge in [0.2, 0.25) is 0 Å². The van der Waals surface area contributed by atoms with Gasteiger partial charge >= 0.3 is 5.97 Å². The minimum Gasteiger partial charge on any atom is -0.497 e. The van der Waals surface area contributed by atoms with Gasteiger partial charge in [-0.1, -0.05) is 19.9 Å². The molecule has 2 N–H and O–H groups in total. The van der Waals surface area contributed by atoms with Crippen LogP contribution in [0.3, 0.4) is 0 Å². The molecule has 0 spiro atoms. The third kappa shape index (κ3) is 6.23. The Kier molecular flexibility index (Phi) is 8.34. The number of carbonyl (C=O) groups is 3. The number of nitrogens with one attached hydrogen (secondary N) is 2. The van der Waals surface area contributed by atoms with Crippen LogP contribution >= 0.6 is 0 Å². The molecule has 0 saturated carbocycles. The van der Waals surface area contributed by atoms with E-state index < -0.39 is 29.9 Å². The number of rotatable bonds is 9. The van der Waals surface area contributed by atoms with Crippen LogP contribution in [0.1, 0.15) is 31.1 Å². The molecule has 0 unspecified atom stereocenters. The van der Waals surface area contributed by atoms with E-state index in [9.17, 15) is 14.4 Å². The quantitative estimate of drug-likeness (QED) is 0.515. The van der Waals surface area contributed by atoms with E-state index in [1.54, 1.807) is 38.1 Å². The van der Waals surface area contributed by atoms with E-state index in [1.165, 1.54) is 20.1 Å². The zero-order valence-corrected chi connectivity index (χ0v) is 15.6. The Labute approximate surface area is 153 Å². The number of methoxy groups -OCH3 is 1. The molecule has 0 heterocycles. The van der Waals surface area contributed by atoms with Crippen LogP contribution in [0.15, 0.2) is 36.9 Å². The first kappa shape index (κ1) is 21.2. The molecule has 2 atom stereocenters. The zero-order chi connectivity index (χ0) is 19.7. The van der Waals surface area contributed by atoms with E-state index in [0.29, 0.717) is 11.3 Å². The fraction of sp³-hybridized carbons (Fsp3) is 0.421. The lowest BCUT2D eigenvalue weighted by molar-refractivity contribution is -0.157. The number of amides is 2. The van der Waals surface area contributed by atoms with E-state index in [1.807, 2.05) is 0 Å². The van der Waals surface area contributed by atoms with Gasteiger partial charge in [0.05, 0.1) is 7.11 Å². The van der Waals surface area contributed by atoms with E-state index in [2.05, 4.69) is 17.2 Å². The molecule has 26 heavy (non-hydrogen) atoms. The molecule has 0 aliphatic rings. The van der Waals surface area contributed by atoms with Crippen LogP contribution in [0.5, 0.6) is 5.75 Å². The molecule has 0 fully saturated rings. The minimum absolute atomic E-state index is 0.215. The van der Waals surface area contributed by atoms with Gasteiger partial charge in [-0.2, -0.15) is 0 Å². The van der Waals surface area contributed by atoms with Crippen molar-refractivity contribution in [3.63, 3.8) is 0 Å². The lowest BCUT2D eigenvalue weighted by Gasteiger charge is -2.23. The van der Waals surface area contributed by atoms with E-state index in [0.717, 1.165) is 0 Å². The number of ether oxygens (including phenoxy) is 2. The van der Waals surface area contributed by atoms with Crippen molar-refractivity contribution in [2.45, 2.75) is 32.9 Å². The number of hydrogen-bond donors (Lipinski definition) is 2. The van der Waals surface area contributed by atoms with Crippen LogP contribution < -0.4 is 15.4 Å². The van der Waals surface area contributed by atoms with Gasteiger partial charge in [0, 0.05) is 12.1 Å². The van der Waals surface area contributed by atoms with Crippen molar-refractivity contribution in [2.24, 2.45) is 5.92 Å². The lowest BCUT2D eigenvalue weighted by Crippen LogP contribution is -2.47. The second-order valence-electron chi connectivity index (χ2n) is 6.04. The SMILES string of the molecule is C=CCNC(=O)[C@@H](C)OC(=O)[C@@H](NC(=O)c1ccc(OC)cc1)C(C)C. The maximum Gasteiger partial charge on any atom is 0.329 e. The molecule has 1 aromatic carbocycles. The summed E-state index contributed by atoms with van der Waals surface area (Å²) in [6, 6.07) is 5.64. The molecule has 0 aliphatic carbocycles. The average molecular weight is 362 g/mol. The summed E-state index contributed by atoms with van der Waals surface area (Å²) in [4.78, 5) is 36.6. The van der Waals surface area contributed by atoms with Gasteiger partial charge in [0.15, 0.2) is 6.10 Å². The van der Waals surface area contributed by atoms with Crippen LogP contribution in [-0.4, -0.2) is 43.6 Å².